The predicted molar refractivity (Wildman–Crippen MR) is 85.8 cm³/mol. The van der Waals surface area contributed by atoms with Gasteiger partial charge in [-0.05, 0) is 38.6 Å². The molecule has 0 aromatic carbocycles. The molecule has 1 aromatic rings. The molecule has 22 heavy (non-hydrogen) atoms. The Bertz CT molecular complexity index is 507. The smallest absolute Gasteiger partial charge is 0.237 e. The first-order valence-corrected chi connectivity index (χ1v) is 8.36. The number of hydrogen-bond acceptors (Lipinski definition) is 5. The lowest BCUT2D eigenvalue weighted by molar-refractivity contribution is -0.123. The van der Waals surface area contributed by atoms with Crippen molar-refractivity contribution in [3.8, 4) is 0 Å². The number of carbonyl (C=O) groups is 1. The Morgan fingerprint density at radius 1 is 1.36 bits per heavy atom. The molecule has 1 unspecified atom stereocenters. The van der Waals surface area contributed by atoms with Gasteiger partial charge in [-0.1, -0.05) is 6.92 Å². The fourth-order valence-electron chi connectivity index (χ4n) is 3.22. The van der Waals surface area contributed by atoms with Crippen molar-refractivity contribution in [3.63, 3.8) is 0 Å². The number of hydrogen-bond donors (Lipinski definition) is 2. The molecule has 3 heterocycles. The summed E-state index contributed by atoms with van der Waals surface area (Å²) in [6.45, 7) is 4.93. The number of rotatable bonds is 4. The van der Waals surface area contributed by atoms with E-state index in [9.17, 15) is 4.79 Å². The molecule has 0 spiro atoms. The van der Waals surface area contributed by atoms with Crippen molar-refractivity contribution in [1.82, 2.24) is 20.6 Å². The average molecular weight is 303 g/mol. The van der Waals surface area contributed by atoms with Gasteiger partial charge in [0.1, 0.15) is 12.1 Å². The summed E-state index contributed by atoms with van der Waals surface area (Å²) in [5.74, 6) is 1.18. The zero-order valence-electron chi connectivity index (χ0n) is 13.2. The molecular weight excluding hydrogens is 278 g/mol. The van der Waals surface area contributed by atoms with Crippen molar-refractivity contribution < 1.29 is 4.79 Å². The van der Waals surface area contributed by atoms with Gasteiger partial charge in [-0.2, -0.15) is 0 Å². The number of aromatic nitrogens is 2. The van der Waals surface area contributed by atoms with Gasteiger partial charge in [0.25, 0.3) is 0 Å². The van der Waals surface area contributed by atoms with Crippen LogP contribution in [0.4, 0.5) is 5.82 Å². The van der Waals surface area contributed by atoms with Crippen LogP contribution in [0.2, 0.25) is 0 Å². The fourth-order valence-corrected chi connectivity index (χ4v) is 3.22. The number of amides is 1. The summed E-state index contributed by atoms with van der Waals surface area (Å²) in [5.41, 5.74) is 1.08. The van der Waals surface area contributed by atoms with Gasteiger partial charge < -0.3 is 15.5 Å². The third-order valence-electron chi connectivity index (χ3n) is 4.61. The molecule has 0 bridgehead atoms. The van der Waals surface area contributed by atoms with Crippen LogP contribution in [0.1, 0.15) is 38.3 Å². The van der Waals surface area contributed by atoms with Crippen LogP contribution in [0.15, 0.2) is 12.4 Å². The van der Waals surface area contributed by atoms with E-state index in [-0.39, 0.29) is 11.9 Å². The van der Waals surface area contributed by atoms with Crippen molar-refractivity contribution in [2.45, 2.75) is 51.1 Å². The average Bonchev–Trinajstić information content (AvgIpc) is 3.10. The molecule has 120 valence electrons. The number of nitrogens with one attached hydrogen (secondary N) is 2. The Kier molecular flexibility index (Phi) is 4.87. The molecule has 2 aliphatic rings. The van der Waals surface area contributed by atoms with Gasteiger partial charge in [-0.25, -0.2) is 9.97 Å². The van der Waals surface area contributed by atoms with E-state index in [0.717, 1.165) is 63.3 Å². The molecule has 6 heteroatoms. The summed E-state index contributed by atoms with van der Waals surface area (Å²) < 4.78 is 0. The number of anilines is 1. The normalized spacial score (nSPS) is 22.8. The number of aryl methyl sites for hydroxylation is 1. The number of nitrogens with zero attached hydrogens (tertiary/aromatic N) is 3. The molecular formula is C16H25N5O. The second kappa shape index (κ2) is 7.05. The highest BCUT2D eigenvalue weighted by atomic mass is 16.2. The van der Waals surface area contributed by atoms with E-state index in [1.165, 1.54) is 0 Å². The summed E-state index contributed by atoms with van der Waals surface area (Å²) in [4.78, 5) is 23.1. The molecule has 0 radical (unpaired) electrons. The van der Waals surface area contributed by atoms with Crippen LogP contribution >= 0.6 is 0 Å². The molecule has 1 amide bonds. The first-order chi connectivity index (χ1) is 10.8. The zero-order valence-corrected chi connectivity index (χ0v) is 13.2. The van der Waals surface area contributed by atoms with Crippen LogP contribution in [0.25, 0.3) is 0 Å². The number of carbonyl (C=O) groups excluding carboxylic acids is 1. The Labute approximate surface area is 131 Å². The highest BCUT2D eigenvalue weighted by molar-refractivity contribution is 5.82. The van der Waals surface area contributed by atoms with Gasteiger partial charge in [0.05, 0.1) is 6.04 Å². The quantitative estimate of drug-likeness (QED) is 0.864. The third-order valence-corrected chi connectivity index (χ3v) is 4.61. The van der Waals surface area contributed by atoms with E-state index < -0.39 is 0 Å². The van der Waals surface area contributed by atoms with Crippen LogP contribution in [0.3, 0.4) is 0 Å². The first kappa shape index (κ1) is 15.2. The summed E-state index contributed by atoms with van der Waals surface area (Å²) >= 11 is 0. The van der Waals surface area contributed by atoms with Gasteiger partial charge >= 0.3 is 0 Å². The summed E-state index contributed by atoms with van der Waals surface area (Å²) in [7, 11) is 0. The van der Waals surface area contributed by atoms with E-state index in [4.69, 9.17) is 0 Å². The second-order valence-electron chi connectivity index (χ2n) is 6.14. The topological polar surface area (TPSA) is 70.2 Å². The summed E-state index contributed by atoms with van der Waals surface area (Å²) in [5, 5.41) is 6.45. The lowest BCUT2D eigenvalue weighted by Gasteiger charge is -2.33. The summed E-state index contributed by atoms with van der Waals surface area (Å²) in [6.07, 6.45) is 6.59. The Balaban J connectivity index is 1.50. The van der Waals surface area contributed by atoms with Crippen molar-refractivity contribution in [1.29, 1.82) is 0 Å². The lowest BCUT2D eigenvalue weighted by Crippen LogP contribution is -2.49. The van der Waals surface area contributed by atoms with Crippen molar-refractivity contribution in [3.05, 3.63) is 18.1 Å². The maximum Gasteiger partial charge on any atom is 0.237 e. The fraction of sp³-hybridized carbons (Fsp3) is 0.688. The van der Waals surface area contributed by atoms with Gasteiger partial charge in [0, 0.05) is 30.9 Å². The van der Waals surface area contributed by atoms with Crippen molar-refractivity contribution in [2.75, 3.05) is 24.5 Å². The molecule has 2 aliphatic heterocycles. The minimum atomic E-state index is 0.0204. The maximum atomic E-state index is 12.1. The van der Waals surface area contributed by atoms with Gasteiger partial charge in [0.15, 0.2) is 0 Å². The minimum Gasteiger partial charge on any atom is -0.356 e. The van der Waals surface area contributed by atoms with Crippen molar-refractivity contribution >= 4 is 11.7 Å². The Morgan fingerprint density at radius 3 is 2.86 bits per heavy atom. The van der Waals surface area contributed by atoms with Crippen LogP contribution in [-0.4, -0.2) is 47.6 Å². The molecule has 2 fully saturated rings. The van der Waals surface area contributed by atoms with Gasteiger partial charge in [-0.3, -0.25) is 4.79 Å². The molecule has 3 rings (SSSR count). The van der Waals surface area contributed by atoms with Crippen LogP contribution in [-0.2, 0) is 11.2 Å². The Morgan fingerprint density at radius 2 is 2.18 bits per heavy atom. The Hall–Kier alpha value is -1.69. The highest BCUT2D eigenvalue weighted by Crippen LogP contribution is 2.18. The van der Waals surface area contributed by atoms with Crippen LogP contribution in [0, 0.1) is 0 Å². The van der Waals surface area contributed by atoms with Crippen LogP contribution in [0.5, 0.6) is 0 Å². The molecule has 0 aliphatic carbocycles. The first-order valence-electron chi connectivity index (χ1n) is 8.36. The number of piperidine rings is 1. The summed E-state index contributed by atoms with van der Waals surface area (Å²) in [6, 6.07) is 2.38. The molecule has 1 aromatic heterocycles. The molecule has 2 N–H and O–H groups in total. The zero-order chi connectivity index (χ0) is 15.4. The standard InChI is InChI=1S/C16H25N5O/c1-2-12-10-15(19-11-18-12)21-8-5-13(6-9-21)20-16(22)14-4-3-7-17-14/h10-11,13-14,17H,2-9H2,1H3,(H,20,22). The maximum absolute atomic E-state index is 12.1. The third kappa shape index (κ3) is 3.55. The van der Waals surface area contributed by atoms with E-state index in [1.54, 1.807) is 6.33 Å². The largest absolute Gasteiger partial charge is 0.356 e. The van der Waals surface area contributed by atoms with E-state index in [2.05, 4.69) is 38.5 Å². The van der Waals surface area contributed by atoms with E-state index in [0.29, 0.717) is 6.04 Å². The molecule has 1 atom stereocenters. The lowest BCUT2D eigenvalue weighted by atomic mass is 10.0. The molecule has 2 saturated heterocycles. The minimum absolute atomic E-state index is 0.0204. The SMILES string of the molecule is CCc1cc(N2CCC(NC(=O)C3CCCN3)CC2)ncn1. The van der Waals surface area contributed by atoms with Gasteiger partial charge in [0.2, 0.25) is 5.91 Å². The predicted octanol–water partition coefficient (Wildman–Crippen LogP) is 0.876. The van der Waals surface area contributed by atoms with Gasteiger partial charge in [-0.15, -0.1) is 0 Å². The van der Waals surface area contributed by atoms with Crippen LogP contribution < -0.4 is 15.5 Å². The monoisotopic (exact) mass is 303 g/mol. The van der Waals surface area contributed by atoms with Crippen molar-refractivity contribution in [2.24, 2.45) is 0 Å². The molecule has 6 nitrogen and oxygen atoms in total. The molecule has 0 saturated carbocycles. The second-order valence-corrected chi connectivity index (χ2v) is 6.14. The highest BCUT2D eigenvalue weighted by Gasteiger charge is 2.26. The van der Waals surface area contributed by atoms with E-state index in [1.807, 2.05) is 0 Å². The van der Waals surface area contributed by atoms with E-state index >= 15 is 0 Å².